The fraction of sp³-hybridized carbons (Fsp3) is 0.250. The average molecular weight is 234 g/mol. The molecule has 0 spiro atoms. The van der Waals surface area contributed by atoms with Gasteiger partial charge in [-0.1, -0.05) is 12.1 Å². The summed E-state index contributed by atoms with van der Waals surface area (Å²) in [5.41, 5.74) is 0.423. The summed E-state index contributed by atoms with van der Waals surface area (Å²) in [7, 11) is 1.41. The Balaban J connectivity index is 2.49. The zero-order valence-corrected chi connectivity index (χ0v) is 9.35. The fourth-order valence-electron chi connectivity index (χ4n) is 1.83. The summed E-state index contributed by atoms with van der Waals surface area (Å²) in [5, 5.41) is 0. The number of ether oxygens (including phenoxy) is 2. The molecule has 1 aromatic carbocycles. The van der Waals surface area contributed by atoms with Crippen molar-refractivity contribution in [1.82, 2.24) is 0 Å². The lowest BCUT2D eigenvalue weighted by Gasteiger charge is -2.06. The first kappa shape index (κ1) is 11.3. The van der Waals surface area contributed by atoms with Crippen LogP contribution in [0, 0.1) is 0 Å². The Morgan fingerprint density at radius 3 is 2.53 bits per heavy atom. The number of esters is 1. The van der Waals surface area contributed by atoms with Crippen molar-refractivity contribution >= 4 is 17.5 Å². The molecule has 1 aliphatic carbocycles. The van der Waals surface area contributed by atoms with Crippen molar-refractivity contribution < 1.29 is 23.9 Å². The fourth-order valence-corrected chi connectivity index (χ4v) is 1.83. The van der Waals surface area contributed by atoms with Gasteiger partial charge in [-0.3, -0.25) is 14.4 Å². The van der Waals surface area contributed by atoms with Crippen LogP contribution in [0.1, 0.15) is 27.6 Å². The Hall–Kier alpha value is -2.17. The molecule has 0 fully saturated rings. The van der Waals surface area contributed by atoms with Crippen molar-refractivity contribution in [2.45, 2.75) is 13.0 Å². The van der Waals surface area contributed by atoms with Crippen molar-refractivity contribution in [3.05, 3.63) is 29.3 Å². The molecule has 1 aromatic rings. The number of ketones is 2. The summed E-state index contributed by atoms with van der Waals surface area (Å²) < 4.78 is 9.74. The zero-order valence-electron chi connectivity index (χ0n) is 9.35. The number of hydrogen-bond donors (Lipinski definition) is 0. The lowest BCUT2D eigenvalue weighted by Crippen LogP contribution is -2.27. The van der Waals surface area contributed by atoms with E-state index in [1.165, 1.54) is 13.2 Å². The van der Waals surface area contributed by atoms with Crippen LogP contribution < -0.4 is 4.74 Å². The zero-order chi connectivity index (χ0) is 12.6. The minimum absolute atomic E-state index is 0.186. The minimum Gasteiger partial charge on any atom is -0.496 e. The highest BCUT2D eigenvalue weighted by atomic mass is 16.5. The van der Waals surface area contributed by atoms with Crippen molar-refractivity contribution in [1.29, 1.82) is 0 Å². The van der Waals surface area contributed by atoms with Gasteiger partial charge in [0.25, 0.3) is 0 Å². The summed E-state index contributed by atoms with van der Waals surface area (Å²) in [4.78, 5) is 34.6. The van der Waals surface area contributed by atoms with Gasteiger partial charge >= 0.3 is 5.97 Å². The summed E-state index contributed by atoms with van der Waals surface area (Å²) in [6.45, 7) is 1.15. The smallest absolute Gasteiger partial charge is 0.303 e. The largest absolute Gasteiger partial charge is 0.496 e. The Kier molecular flexibility index (Phi) is 2.67. The topological polar surface area (TPSA) is 69.7 Å². The van der Waals surface area contributed by atoms with Gasteiger partial charge < -0.3 is 9.47 Å². The number of rotatable bonds is 2. The molecule has 17 heavy (non-hydrogen) atoms. The molecule has 2 rings (SSSR count). The van der Waals surface area contributed by atoms with Gasteiger partial charge in [-0.2, -0.15) is 0 Å². The lowest BCUT2D eigenvalue weighted by atomic mass is 10.1. The molecule has 0 heterocycles. The van der Waals surface area contributed by atoms with Gasteiger partial charge in [-0.15, -0.1) is 0 Å². The molecule has 5 nitrogen and oxygen atoms in total. The van der Waals surface area contributed by atoms with E-state index in [9.17, 15) is 14.4 Å². The van der Waals surface area contributed by atoms with Gasteiger partial charge in [-0.05, 0) is 6.07 Å². The standard InChI is InChI=1S/C12H10O5/c1-6(13)17-12-10(14)7-4-3-5-8(16-2)9(7)11(12)15/h3-5,12H,1-2H3. The van der Waals surface area contributed by atoms with Gasteiger partial charge in [0.15, 0.2) is 0 Å². The summed E-state index contributed by atoms with van der Waals surface area (Å²) in [6.07, 6.45) is -1.36. The Morgan fingerprint density at radius 1 is 1.24 bits per heavy atom. The highest BCUT2D eigenvalue weighted by Crippen LogP contribution is 2.31. The van der Waals surface area contributed by atoms with E-state index in [1.54, 1.807) is 12.1 Å². The van der Waals surface area contributed by atoms with E-state index in [4.69, 9.17) is 9.47 Å². The monoisotopic (exact) mass is 234 g/mol. The van der Waals surface area contributed by atoms with Crippen molar-refractivity contribution in [3.63, 3.8) is 0 Å². The van der Waals surface area contributed by atoms with Crippen LogP contribution in [0.2, 0.25) is 0 Å². The molecule has 0 aliphatic heterocycles. The van der Waals surface area contributed by atoms with Crippen molar-refractivity contribution in [3.8, 4) is 5.75 Å². The van der Waals surface area contributed by atoms with E-state index in [1.807, 2.05) is 0 Å². The van der Waals surface area contributed by atoms with Crippen LogP contribution in [0.5, 0.6) is 5.75 Å². The Morgan fingerprint density at radius 2 is 1.94 bits per heavy atom. The third-order valence-electron chi connectivity index (χ3n) is 2.52. The van der Waals surface area contributed by atoms with Crippen LogP contribution in [0.4, 0.5) is 0 Å². The quantitative estimate of drug-likeness (QED) is 0.564. The normalized spacial score (nSPS) is 17.9. The molecule has 0 radical (unpaired) electrons. The number of hydrogen-bond acceptors (Lipinski definition) is 5. The van der Waals surface area contributed by atoms with Gasteiger partial charge in [0, 0.05) is 12.5 Å². The second kappa shape index (κ2) is 4.01. The number of fused-ring (bicyclic) bond motifs is 1. The van der Waals surface area contributed by atoms with Crippen molar-refractivity contribution in [2.24, 2.45) is 0 Å². The molecule has 0 aromatic heterocycles. The average Bonchev–Trinajstić information content (AvgIpc) is 2.54. The molecule has 0 amide bonds. The van der Waals surface area contributed by atoms with E-state index >= 15 is 0 Å². The molecule has 1 atom stereocenters. The number of carbonyl (C=O) groups is 3. The lowest BCUT2D eigenvalue weighted by molar-refractivity contribution is -0.142. The van der Waals surface area contributed by atoms with E-state index in [-0.39, 0.29) is 11.1 Å². The maximum Gasteiger partial charge on any atom is 0.303 e. The van der Waals surface area contributed by atoms with Crippen LogP contribution >= 0.6 is 0 Å². The third kappa shape index (κ3) is 1.69. The number of Topliss-reactive ketones (excluding diaryl/α,β-unsaturated/α-hetero) is 2. The van der Waals surface area contributed by atoms with E-state index in [0.717, 1.165) is 6.92 Å². The summed E-state index contributed by atoms with van der Waals surface area (Å²) in [6, 6.07) is 4.71. The first-order valence-electron chi connectivity index (χ1n) is 4.99. The van der Waals surface area contributed by atoms with Gasteiger partial charge in [0.1, 0.15) is 5.75 Å². The highest BCUT2D eigenvalue weighted by molar-refractivity contribution is 6.30. The summed E-state index contributed by atoms with van der Waals surface area (Å²) in [5.74, 6) is -1.38. The molecule has 88 valence electrons. The van der Waals surface area contributed by atoms with Crippen LogP contribution in [-0.4, -0.2) is 30.7 Å². The SMILES string of the molecule is COc1cccc2c1C(=O)C(OC(C)=O)C2=O. The predicted molar refractivity (Wildman–Crippen MR) is 57.2 cm³/mol. The summed E-state index contributed by atoms with van der Waals surface area (Å²) >= 11 is 0. The molecule has 0 N–H and O–H groups in total. The Bertz CT molecular complexity index is 518. The van der Waals surface area contributed by atoms with E-state index in [2.05, 4.69) is 0 Å². The van der Waals surface area contributed by atoms with Crippen molar-refractivity contribution in [2.75, 3.05) is 7.11 Å². The second-order valence-corrected chi connectivity index (χ2v) is 3.60. The number of benzene rings is 1. The maximum absolute atomic E-state index is 11.9. The molecule has 1 aliphatic rings. The maximum atomic E-state index is 11.9. The Labute approximate surface area is 97.3 Å². The van der Waals surface area contributed by atoms with Crippen LogP contribution in [0.3, 0.4) is 0 Å². The molecule has 1 unspecified atom stereocenters. The molecule has 0 bridgehead atoms. The van der Waals surface area contributed by atoms with Crippen LogP contribution in [0.25, 0.3) is 0 Å². The molecule has 5 heteroatoms. The van der Waals surface area contributed by atoms with Gasteiger partial charge in [0.05, 0.1) is 12.7 Å². The second-order valence-electron chi connectivity index (χ2n) is 3.60. The first-order chi connectivity index (χ1) is 8.06. The highest BCUT2D eigenvalue weighted by Gasteiger charge is 2.42. The minimum atomic E-state index is -1.36. The molecular weight excluding hydrogens is 224 g/mol. The van der Waals surface area contributed by atoms with Gasteiger partial charge in [-0.25, -0.2) is 0 Å². The molecular formula is C12H10O5. The van der Waals surface area contributed by atoms with E-state index in [0.29, 0.717) is 5.75 Å². The van der Waals surface area contributed by atoms with E-state index < -0.39 is 23.6 Å². The predicted octanol–water partition coefficient (Wildman–Crippen LogP) is 1.01. The van der Waals surface area contributed by atoms with Crippen LogP contribution in [0.15, 0.2) is 18.2 Å². The number of carbonyl (C=O) groups excluding carboxylic acids is 3. The molecule has 0 saturated heterocycles. The third-order valence-corrected chi connectivity index (χ3v) is 2.52. The number of methoxy groups -OCH3 is 1. The van der Waals surface area contributed by atoms with Gasteiger partial charge in [0.2, 0.25) is 17.7 Å². The molecule has 0 saturated carbocycles. The first-order valence-corrected chi connectivity index (χ1v) is 4.99. The van der Waals surface area contributed by atoms with Crippen LogP contribution in [-0.2, 0) is 9.53 Å².